The molecule has 0 spiro atoms. The summed E-state index contributed by atoms with van der Waals surface area (Å²) in [4.78, 5) is 24.6. The van der Waals surface area contributed by atoms with E-state index in [0.29, 0.717) is 6.04 Å². The van der Waals surface area contributed by atoms with Gasteiger partial charge in [0.25, 0.3) is 0 Å². The van der Waals surface area contributed by atoms with Gasteiger partial charge in [0, 0.05) is 45.4 Å². The Hall–Kier alpha value is -2.18. The molecule has 3 rings (SSSR count). The zero-order chi connectivity index (χ0) is 23.3. The first kappa shape index (κ1) is 25.1. The van der Waals surface area contributed by atoms with Crippen LogP contribution in [0.4, 0.5) is 13.2 Å². The van der Waals surface area contributed by atoms with Gasteiger partial charge in [-0.1, -0.05) is 5.16 Å². The van der Waals surface area contributed by atoms with Gasteiger partial charge in [-0.2, -0.15) is 13.2 Å². The molecule has 1 aromatic rings. The van der Waals surface area contributed by atoms with E-state index in [0.717, 1.165) is 49.6 Å². The van der Waals surface area contributed by atoms with E-state index in [2.05, 4.69) is 10.1 Å². The van der Waals surface area contributed by atoms with Crippen LogP contribution < -0.4 is 0 Å². The van der Waals surface area contributed by atoms with Crippen LogP contribution in [0, 0.1) is 13.8 Å². The summed E-state index contributed by atoms with van der Waals surface area (Å²) in [5.41, 5.74) is 2.08. The van der Waals surface area contributed by atoms with Crippen molar-refractivity contribution in [2.45, 2.75) is 57.7 Å². The number of carboxylic acid groups (broad SMARTS) is 1. The van der Waals surface area contributed by atoms with Crippen molar-refractivity contribution < 1.29 is 41.9 Å². The van der Waals surface area contributed by atoms with Crippen LogP contribution in [-0.2, 0) is 25.6 Å². The van der Waals surface area contributed by atoms with Crippen molar-refractivity contribution in [1.82, 2.24) is 15.0 Å². The molecule has 31 heavy (non-hydrogen) atoms. The number of likely N-dealkylation sites (N-methyl/N-ethyl adjacent to an activating group) is 1. The number of ether oxygens (including phenoxy) is 2. The number of amides is 1. The van der Waals surface area contributed by atoms with Crippen LogP contribution in [-0.4, -0.2) is 90.2 Å². The summed E-state index contributed by atoms with van der Waals surface area (Å²) in [5.74, 6) is -1.91. The van der Waals surface area contributed by atoms with Crippen molar-refractivity contribution in [3.8, 4) is 0 Å². The quantitative estimate of drug-likeness (QED) is 0.722. The Balaban J connectivity index is 0.000000423. The molecule has 176 valence electrons. The van der Waals surface area contributed by atoms with Crippen molar-refractivity contribution in [2.75, 3.05) is 33.9 Å². The Bertz CT molecular complexity index is 748. The highest BCUT2D eigenvalue weighted by Crippen LogP contribution is 2.32. The van der Waals surface area contributed by atoms with Gasteiger partial charge in [-0.3, -0.25) is 9.69 Å². The molecule has 2 aliphatic rings. The molecule has 0 unspecified atom stereocenters. The SMILES string of the molecule is Cc1noc(C)c1CN1C[C@H](OCC(=O)N(C)C)[C@H]2OCCC[C@H]21.O=C(O)C(F)(F)F. The second-order valence-corrected chi connectivity index (χ2v) is 7.72. The summed E-state index contributed by atoms with van der Waals surface area (Å²) in [6.07, 6.45) is -2.97. The van der Waals surface area contributed by atoms with Crippen LogP contribution >= 0.6 is 0 Å². The third kappa shape index (κ3) is 6.65. The standard InChI is InChI=1S/C17H27N3O4.C2HF3O2/c1-11-13(12(2)24-18-11)8-20-9-15(23-10-16(21)19(3)4)17-14(20)6-5-7-22-17;3-2(4,5)1(6)7/h14-15,17H,5-10H2,1-4H3;(H,6,7)/t14-,15+,17+;/m1./s1. The van der Waals surface area contributed by atoms with Gasteiger partial charge in [-0.15, -0.1) is 0 Å². The van der Waals surface area contributed by atoms with E-state index in [1.54, 1.807) is 19.0 Å². The summed E-state index contributed by atoms with van der Waals surface area (Å²) in [5, 5.41) is 11.2. The maximum atomic E-state index is 11.8. The van der Waals surface area contributed by atoms with Crippen molar-refractivity contribution in [1.29, 1.82) is 0 Å². The molecule has 2 aliphatic heterocycles. The largest absolute Gasteiger partial charge is 0.490 e. The van der Waals surface area contributed by atoms with Gasteiger partial charge in [0.2, 0.25) is 5.91 Å². The van der Waals surface area contributed by atoms with Crippen LogP contribution in [0.1, 0.15) is 29.9 Å². The number of hydrogen-bond acceptors (Lipinski definition) is 7. The normalized spacial score (nSPS) is 23.6. The number of aliphatic carboxylic acids is 1. The van der Waals surface area contributed by atoms with Crippen LogP contribution in [0.25, 0.3) is 0 Å². The molecule has 3 heterocycles. The van der Waals surface area contributed by atoms with E-state index in [9.17, 15) is 18.0 Å². The molecule has 0 bridgehead atoms. The summed E-state index contributed by atoms with van der Waals surface area (Å²) in [6, 6.07) is 0.326. The zero-order valence-electron chi connectivity index (χ0n) is 17.9. The van der Waals surface area contributed by atoms with E-state index in [1.807, 2.05) is 13.8 Å². The Morgan fingerprint density at radius 2 is 1.97 bits per heavy atom. The summed E-state index contributed by atoms with van der Waals surface area (Å²) < 4.78 is 48.9. The molecule has 1 N–H and O–H groups in total. The third-order valence-electron chi connectivity index (χ3n) is 5.29. The molecule has 2 fully saturated rings. The first-order valence-electron chi connectivity index (χ1n) is 9.81. The van der Waals surface area contributed by atoms with Gasteiger partial charge >= 0.3 is 12.1 Å². The minimum Gasteiger partial charge on any atom is -0.475 e. The van der Waals surface area contributed by atoms with Gasteiger partial charge in [-0.25, -0.2) is 4.79 Å². The number of likely N-dealkylation sites (tertiary alicyclic amines) is 1. The maximum Gasteiger partial charge on any atom is 0.490 e. The molecule has 9 nitrogen and oxygen atoms in total. The molecule has 0 saturated carbocycles. The number of rotatable bonds is 5. The Morgan fingerprint density at radius 3 is 2.48 bits per heavy atom. The molecule has 12 heteroatoms. The molecule has 2 saturated heterocycles. The highest BCUT2D eigenvalue weighted by molar-refractivity contribution is 5.76. The lowest BCUT2D eigenvalue weighted by Crippen LogP contribution is -2.42. The van der Waals surface area contributed by atoms with Crippen molar-refractivity contribution >= 4 is 11.9 Å². The van der Waals surface area contributed by atoms with E-state index >= 15 is 0 Å². The van der Waals surface area contributed by atoms with E-state index in [-0.39, 0.29) is 24.7 Å². The zero-order valence-corrected chi connectivity index (χ0v) is 17.9. The van der Waals surface area contributed by atoms with E-state index < -0.39 is 12.1 Å². The smallest absolute Gasteiger partial charge is 0.475 e. The van der Waals surface area contributed by atoms with Crippen molar-refractivity contribution in [2.24, 2.45) is 0 Å². The lowest BCUT2D eigenvalue weighted by atomic mass is 10.0. The number of carbonyl (C=O) groups is 2. The number of hydrogen-bond donors (Lipinski definition) is 1. The van der Waals surface area contributed by atoms with Crippen LogP contribution in [0.2, 0.25) is 0 Å². The van der Waals surface area contributed by atoms with Crippen molar-refractivity contribution in [3.05, 3.63) is 17.0 Å². The average Bonchev–Trinajstić information content (AvgIpc) is 3.21. The van der Waals surface area contributed by atoms with Gasteiger partial charge in [0.05, 0.1) is 11.8 Å². The number of halogens is 3. The summed E-state index contributed by atoms with van der Waals surface area (Å²) in [7, 11) is 3.48. The van der Waals surface area contributed by atoms with Crippen molar-refractivity contribution in [3.63, 3.8) is 0 Å². The van der Waals surface area contributed by atoms with E-state index in [1.165, 1.54) is 0 Å². The fourth-order valence-corrected chi connectivity index (χ4v) is 3.57. The minimum atomic E-state index is -5.08. The lowest BCUT2D eigenvalue weighted by Gasteiger charge is -2.32. The Kier molecular flexibility index (Phi) is 8.43. The fraction of sp³-hybridized carbons (Fsp3) is 0.737. The molecule has 1 aromatic heterocycles. The molecule has 1 amide bonds. The second kappa shape index (κ2) is 10.4. The molecular formula is C19H28F3N3O6. The van der Waals surface area contributed by atoms with Gasteiger partial charge in [0.15, 0.2) is 0 Å². The number of aryl methyl sites for hydroxylation is 2. The monoisotopic (exact) mass is 451 g/mol. The predicted molar refractivity (Wildman–Crippen MR) is 101 cm³/mol. The maximum absolute atomic E-state index is 11.8. The Labute approximate surface area is 178 Å². The highest BCUT2D eigenvalue weighted by Gasteiger charge is 2.45. The van der Waals surface area contributed by atoms with Gasteiger partial charge in [0.1, 0.15) is 18.5 Å². The molecule has 0 radical (unpaired) electrons. The first-order valence-corrected chi connectivity index (χ1v) is 9.81. The lowest BCUT2D eigenvalue weighted by molar-refractivity contribution is -0.192. The van der Waals surface area contributed by atoms with Gasteiger partial charge < -0.3 is 24.0 Å². The van der Waals surface area contributed by atoms with Crippen LogP contribution in [0.3, 0.4) is 0 Å². The van der Waals surface area contributed by atoms with E-state index in [4.69, 9.17) is 23.9 Å². The van der Waals surface area contributed by atoms with Crippen LogP contribution in [0.5, 0.6) is 0 Å². The molecule has 0 aliphatic carbocycles. The average molecular weight is 451 g/mol. The number of nitrogens with zero attached hydrogens (tertiary/aromatic N) is 3. The molecular weight excluding hydrogens is 423 g/mol. The first-order chi connectivity index (χ1) is 14.4. The fourth-order valence-electron chi connectivity index (χ4n) is 3.57. The highest BCUT2D eigenvalue weighted by atomic mass is 19.4. The topological polar surface area (TPSA) is 105 Å². The van der Waals surface area contributed by atoms with Gasteiger partial charge in [-0.05, 0) is 26.7 Å². The number of aromatic nitrogens is 1. The third-order valence-corrected chi connectivity index (χ3v) is 5.29. The Morgan fingerprint density at radius 1 is 1.32 bits per heavy atom. The summed E-state index contributed by atoms with van der Waals surface area (Å²) in [6.45, 7) is 6.34. The van der Waals surface area contributed by atoms with Crippen LogP contribution in [0.15, 0.2) is 4.52 Å². The molecule has 0 aromatic carbocycles. The summed E-state index contributed by atoms with van der Waals surface area (Å²) >= 11 is 0. The number of carbonyl (C=O) groups excluding carboxylic acids is 1. The predicted octanol–water partition coefficient (Wildman–Crippen LogP) is 1.76. The molecule has 3 atom stereocenters. The number of fused-ring (bicyclic) bond motifs is 1. The minimum absolute atomic E-state index is 0.0217. The number of carboxylic acids is 1. The number of alkyl halides is 3. The second-order valence-electron chi connectivity index (χ2n) is 7.72.